The minimum atomic E-state index is -0.563. The van der Waals surface area contributed by atoms with Crippen molar-refractivity contribution in [2.24, 2.45) is 0 Å². The van der Waals surface area contributed by atoms with E-state index in [9.17, 15) is 19.8 Å². The SMILES string of the molecule is Cc1ccccc1-n1c(-c2cc(C(=O)N(C)c3cccc4c3OCCO4)c(O)cc2O)n[nH]c1=O. The number of aryl methyl sites for hydroxylation is 1. The molecule has 0 bridgehead atoms. The standard InChI is InChI=1S/C25H22N4O6/c1-14-6-3-4-7-17(14)29-23(26-27-25(29)33)15-12-16(20(31)13-19(15)30)24(32)28(2)18-8-5-9-21-22(18)35-11-10-34-21/h3-9,12-13,30-31H,10-11H2,1-2H3,(H,27,33). The van der Waals surface area contributed by atoms with E-state index >= 15 is 0 Å². The van der Waals surface area contributed by atoms with Crippen LogP contribution in [-0.2, 0) is 0 Å². The Balaban J connectivity index is 1.60. The van der Waals surface area contributed by atoms with Gasteiger partial charge in [-0.3, -0.25) is 4.79 Å². The van der Waals surface area contributed by atoms with Crippen molar-refractivity contribution in [1.82, 2.24) is 14.8 Å². The number of H-pyrrole nitrogens is 1. The molecule has 10 heteroatoms. The van der Waals surface area contributed by atoms with Crippen molar-refractivity contribution < 1.29 is 24.5 Å². The van der Waals surface area contributed by atoms with Crippen LogP contribution in [0.5, 0.6) is 23.0 Å². The van der Waals surface area contributed by atoms with Gasteiger partial charge in [0.1, 0.15) is 24.7 Å². The number of aromatic nitrogens is 3. The molecule has 0 saturated heterocycles. The zero-order valence-electron chi connectivity index (χ0n) is 19.0. The van der Waals surface area contributed by atoms with Gasteiger partial charge in [-0.25, -0.2) is 14.5 Å². The first kappa shape index (κ1) is 22.1. The third-order valence-electron chi connectivity index (χ3n) is 5.83. The second-order valence-corrected chi connectivity index (χ2v) is 8.03. The number of rotatable bonds is 4. The van der Waals surface area contributed by atoms with Crippen molar-refractivity contribution in [1.29, 1.82) is 0 Å². The van der Waals surface area contributed by atoms with Crippen LogP contribution in [0.2, 0.25) is 0 Å². The first-order valence-corrected chi connectivity index (χ1v) is 10.8. The van der Waals surface area contributed by atoms with Crippen LogP contribution in [-0.4, -0.2) is 51.1 Å². The number of hydrogen-bond donors (Lipinski definition) is 3. The number of phenolic OH excluding ortho intramolecular Hbond substituents is 2. The zero-order chi connectivity index (χ0) is 24.7. The highest BCUT2D eigenvalue weighted by Gasteiger charge is 2.26. The molecule has 10 nitrogen and oxygen atoms in total. The van der Waals surface area contributed by atoms with Gasteiger partial charge in [-0.15, -0.1) is 0 Å². The third kappa shape index (κ3) is 3.74. The number of nitrogens with one attached hydrogen (secondary N) is 1. The Morgan fingerprint density at radius 3 is 2.63 bits per heavy atom. The summed E-state index contributed by atoms with van der Waals surface area (Å²) in [7, 11) is 1.54. The number of nitrogens with zero attached hydrogens (tertiary/aromatic N) is 3. The van der Waals surface area contributed by atoms with E-state index in [0.29, 0.717) is 36.1 Å². The van der Waals surface area contributed by atoms with Crippen molar-refractivity contribution in [3.63, 3.8) is 0 Å². The van der Waals surface area contributed by atoms with Crippen molar-refractivity contribution >= 4 is 11.6 Å². The van der Waals surface area contributed by atoms with Gasteiger partial charge in [-0.1, -0.05) is 24.3 Å². The van der Waals surface area contributed by atoms with Crippen LogP contribution in [0.3, 0.4) is 0 Å². The van der Waals surface area contributed by atoms with Crippen molar-refractivity contribution in [3.05, 3.63) is 76.2 Å². The molecule has 0 saturated carbocycles. The number of aromatic hydroxyl groups is 2. The van der Waals surface area contributed by atoms with Crippen molar-refractivity contribution in [2.45, 2.75) is 6.92 Å². The number of fused-ring (bicyclic) bond motifs is 1. The number of carbonyl (C=O) groups is 1. The fourth-order valence-electron chi connectivity index (χ4n) is 4.06. The van der Waals surface area contributed by atoms with E-state index < -0.39 is 17.3 Å². The quantitative estimate of drug-likeness (QED) is 0.415. The van der Waals surface area contributed by atoms with Crippen LogP contribution in [0.25, 0.3) is 17.1 Å². The number of amides is 1. The summed E-state index contributed by atoms with van der Waals surface area (Å²) in [4.78, 5) is 27.4. The van der Waals surface area contributed by atoms with E-state index in [-0.39, 0.29) is 22.7 Å². The number of anilines is 1. The number of benzene rings is 3. The van der Waals surface area contributed by atoms with Gasteiger partial charge in [0.25, 0.3) is 5.91 Å². The molecule has 0 radical (unpaired) electrons. The first-order chi connectivity index (χ1) is 16.9. The Bertz CT molecular complexity index is 1510. The molecule has 3 N–H and O–H groups in total. The van der Waals surface area contributed by atoms with E-state index in [1.165, 1.54) is 15.5 Å². The maximum atomic E-state index is 13.5. The number of aromatic amines is 1. The van der Waals surface area contributed by atoms with Gasteiger partial charge in [0, 0.05) is 13.1 Å². The van der Waals surface area contributed by atoms with Crippen LogP contribution in [0.15, 0.2) is 59.4 Å². The van der Waals surface area contributed by atoms with Gasteiger partial charge < -0.3 is 24.6 Å². The summed E-state index contributed by atoms with van der Waals surface area (Å²) in [5, 5.41) is 27.6. The topological polar surface area (TPSA) is 130 Å². The molecule has 5 rings (SSSR count). The highest BCUT2D eigenvalue weighted by atomic mass is 16.6. The lowest BCUT2D eigenvalue weighted by atomic mass is 10.1. The largest absolute Gasteiger partial charge is 0.507 e. The monoisotopic (exact) mass is 474 g/mol. The Kier molecular flexibility index (Phi) is 5.40. The van der Waals surface area contributed by atoms with Crippen LogP contribution in [0.1, 0.15) is 15.9 Å². The number of carbonyl (C=O) groups excluding carboxylic acids is 1. The van der Waals surface area contributed by atoms with Gasteiger partial charge >= 0.3 is 5.69 Å². The Morgan fingerprint density at radius 2 is 1.83 bits per heavy atom. The maximum Gasteiger partial charge on any atom is 0.348 e. The van der Waals surface area contributed by atoms with Gasteiger partial charge in [0.15, 0.2) is 17.3 Å². The smallest absolute Gasteiger partial charge is 0.348 e. The molecule has 178 valence electrons. The molecule has 4 aromatic rings. The van der Waals surface area contributed by atoms with Crippen LogP contribution >= 0.6 is 0 Å². The fraction of sp³-hybridized carbons (Fsp3) is 0.160. The second-order valence-electron chi connectivity index (χ2n) is 8.03. The summed E-state index contributed by atoms with van der Waals surface area (Å²) in [6, 6.07) is 14.7. The molecular formula is C25H22N4O6. The lowest BCUT2D eigenvalue weighted by Gasteiger charge is -2.25. The van der Waals surface area contributed by atoms with Gasteiger partial charge in [0.05, 0.1) is 22.5 Å². The van der Waals surface area contributed by atoms with E-state index in [1.54, 1.807) is 37.4 Å². The summed E-state index contributed by atoms with van der Waals surface area (Å²) in [5.74, 6) is -0.301. The summed E-state index contributed by atoms with van der Waals surface area (Å²) >= 11 is 0. The lowest BCUT2D eigenvalue weighted by molar-refractivity contribution is 0.0988. The normalized spacial score (nSPS) is 12.4. The summed E-state index contributed by atoms with van der Waals surface area (Å²) in [6.45, 7) is 2.59. The molecule has 0 atom stereocenters. The average molecular weight is 474 g/mol. The fourth-order valence-corrected chi connectivity index (χ4v) is 4.06. The highest BCUT2D eigenvalue weighted by molar-refractivity contribution is 6.09. The molecule has 2 heterocycles. The zero-order valence-corrected chi connectivity index (χ0v) is 19.0. The van der Waals surface area contributed by atoms with Gasteiger partial charge in [-0.05, 0) is 36.8 Å². The van der Waals surface area contributed by atoms with E-state index in [2.05, 4.69) is 10.2 Å². The predicted molar refractivity (Wildman–Crippen MR) is 128 cm³/mol. The summed E-state index contributed by atoms with van der Waals surface area (Å²) in [6.07, 6.45) is 0. The van der Waals surface area contributed by atoms with Gasteiger partial charge in [-0.2, -0.15) is 5.10 Å². The second kappa shape index (κ2) is 8.56. The first-order valence-electron chi connectivity index (χ1n) is 10.8. The van der Waals surface area contributed by atoms with Crippen molar-refractivity contribution in [2.75, 3.05) is 25.2 Å². The molecule has 1 aromatic heterocycles. The number of ether oxygens (including phenoxy) is 2. The minimum absolute atomic E-state index is 0.0901. The van der Waals surface area contributed by atoms with Gasteiger partial charge in [0.2, 0.25) is 0 Å². The summed E-state index contributed by atoms with van der Waals surface area (Å²) in [5.41, 5.74) is 1.31. The lowest BCUT2D eigenvalue weighted by Crippen LogP contribution is -2.28. The maximum absolute atomic E-state index is 13.5. The average Bonchev–Trinajstić information content (AvgIpc) is 3.24. The molecule has 0 unspecified atom stereocenters. The minimum Gasteiger partial charge on any atom is -0.507 e. The molecule has 1 amide bonds. The number of para-hydroxylation sites is 2. The number of phenols is 2. The predicted octanol–water partition coefficient (Wildman–Crippen LogP) is 3.00. The third-order valence-corrected chi connectivity index (χ3v) is 5.83. The van der Waals surface area contributed by atoms with Crippen LogP contribution < -0.4 is 20.1 Å². The highest BCUT2D eigenvalue weighted by Crippen LogP contribution is 2.41. The molecule has 0 aliphatic carbocycles. The Morgan fingerprint density at radius 1 is 1.06 bits per heavy atom. The Labute approximate surface area is 199 Å². The van der Waals surface area contributed by atoms with Crippen LogP contribution in [0.4, 0.5) is 5.69 Å². The molecular weight excluding hydrogens is 452 g/mol. The Hall–Kier alpha value is -4.73. The molecule has 0 fully saturated rings. The molecule has 1 aliphatic rings. The number of hydrogen-bond acceptors (Lipinski definition) is 7. The molecule has 0 spiro atoms. The van der Waals surface area contributed by atoms with E-state index in [0.717, 1.165) is 11.6 Å². The van der Waals surface area contributed by atoms with Crippen LogP contribution in [0, 0.1) is 6.92 Å². The molecule has 1 aliphatic heterocycles. The van der Waals surface area contributed by atoms with Crippen molar-refractivity contribution in [3.8, 4) is 40.1 Å². The van der Waals surface area contributed by atoms with E-state index in [4.69, 9.17) is 9.47 Å². The van der Waals surface area contributed by atoms with E-state index in [1.807, 2.05) is 19.1 Å². The molecule has 3 aromatic carbocycles. The summed E-state index contributed by atoms with van der Waals surface area (Å²) < 4.78 is 12.6. The molecule has 35 heavy (non-hydrogen) atoms.